The molecule has 0 spiro atoms. The molecule has 7 nitrogen and oxygen atoms in total. The fourth-order valence-corrected chi connectivity index (χ4v) is 3.89. The minimum atomic E-state index is -0.230. The quantitative estimate of drug-likeness (QED) is 0.648. The molecule has 3 rings (SSSR count). The van der Waals surface area contributed by atoms with E-state index in [1.807, 2.05) is 19.1 Å². The number of nitrogens with zero attached hydrogens (tertiary/aromatic N) is 1. The molecule has 1 heterocycles. The van der Waals surface area contributed by atoms with Crippen LogP contribution in [0.15, 0.2) is 29.6 Å². The van der Waals surface area contributed by atoms with Gasteiger partial charge in [-0.25, -0.2) is 9.78 Å². The van der Waals surface area contributed by atoms with E-state index in [4.69, 9.17) is 4.74 Å². The molecule has 0 bridgehead atoms. The highest BCUT2D eigenvalue weighted by Gasteiger charge is 2.16. The predicted octanol–water partition coefficient (Wildman–Crippen LogP) is 4.18. The summed E-state index contributed by atoms with van der Waals surface area (Å²) in [6, 6.07) is 7.24. The summed E-state index contributed by atoms with van der Waals surface area (Å²) in [6.07, 6.45) is 5.78. The van der Waals surface area contributed by atoms with Crippen molar-refractivity contribution in [1.82, 2.24) is 10.3 Å². The number of benzene rings is 1. The Hall–Kier alpha value is -2.61. The van der Waals surface area contributed by atoms with Crippen molar-refractivity contribution >= 4 is 34.1 Å². The second-order valence-electron chi connectivity index (χ2n) is 6.76. The van der Waals surface area contributed by atoms with E-state index in [2.05, 4.69) is 20.9 Å². The summed E-state index contributed by atoms with van der Waals surface area (Å²) in [5.74, 6) is 0.606. The molecule has 1 aliphatic carbocycles. The number of carbonyl (C=O) groups is 2. The number of aromatic nitrogens is 1. The molecule has 150 valence electrons. The van der Waals surface area contributed by atoms with E-state index < -0.39 is 0 Å². The van der Waals surface area contributed by atoms with Crippen LogP contribution in [0.1, 0.15) is 44.7 Å². The third-order valence-corrected chi connectivity index (χ3v) is 5.31. The van der Waals surface area contributed by atoms with Gasteiger partial charge in [0.05, 0.1) is 18.7 Å². The lowest BCUT2D eigenvalue weighted by molar-refractivity contribution is -0.115. The molecule has 8 heteroatoms. The largest absolute Gasteiger partial charge is 0.494 e. The molecule has 3 N–H and O–H groups in total. The maximum absolute atomic E-state index is 12.2. The Kier molecular flexibility index (Phi) is 7.25. The molecule has 1 saturated carbocycles. The zero-order chi connectivity index (χ0) is 19.8. The number of hydrogen-bond donors (Lipinski definition) is 3. The number of ether oxygens (including phenoxy) is 1. The number of anilines is 2. The van der Waals surface area contributed by atoms with Crippen molar-refractivity contribution in [1.29, 1.82) is 0 Å². The second kappa shape index (κ2) is 10.1. The summed E-state index contributed by atoms with van der Waals surface area (Å²) in [6.45, 7) is 2.52. The molecule has 1 aromatic heterocycles. The van der Waals surface area contributed by atoms with Crippen LogP contribution in [-0.2, 0) is 11.2 Å². The molecule has 1 aromatic carbocycles. The smallest absolute Gasteiger partial charge is 0.321 e. The first-order chi connectivity index (χ1) is 13.6. The Morgan fingerprint density at radius 3 is 2.61 bits per heavy atom. The average Bonchev–Trinajstić information content (AvgIpc) is 3.10. The van der Waals surface area contributed by atoms with Crippen LogP contribution in [-0.4, -0.2) is 29.6 Å². The zero-order valence-corrected chi connectivity index (χ0v) is 16.8. The number of thiazole rings is 1. The standard InChI is InChI=1S/C20H26N4O3S/c1-2-27-17-10-8-15(9-11-17)21-18(25)12-16-13-28-20(23-16)24-19(26)22-14-6-4-3-5-7-14/h8-11,13-14H,2-7,12H2,1H3,(H,21,25)(H2,22,23,24,26). The highest BCUT2D eigenvalue weighted by molar-refractivity contribution is 7.13. The molecule has 2 aromatic rings. The molecule has 28 heavy (non-hydrogen) atoms. The van der Waals surface area contributed by atoms with Crippen molar-refractivity contribution in [3.05, 3.63) is 35.3 Å². The second-order valence-corrected chi connectivity index (χ2v) is 7.62. The summed E-state index contributed by atoms with van der Waals surface area (Å²) in [4.78, 5) is 28.6. The lowest BCUT2D eigenvalue weighted by atomic mass is 9.96. The molecule has 1 fully saturated rings. The van der Waals surface area contributed by atoms with Crippen LogP contribution in [0.2, 0.25) is 0 Å². The molecule has 3 amide bonds. The van der Waals surface area contributed by atoms with Crippen LogP contribution in [0.25, 0.3) is 0 Å². The van der Waals surface area contributed by atoms with E-state index in [1.54, 1.807) is 17.5 Å². The van der Waals surface area contributed by atoms with E-state index >= 15 is 0 Å². The van der Waals surface area contributed by atoms with Gasteiger partial charge < -0.3 is 15.4 Å². The maximum atomic E-state index is 12.2. The number of amides is 3. The first-order valence-electron chi connectivity index (χ1n) is 9.67. The first-order valence-corrected chi connectivity index (χ1v) is 10.5. The fraction of sp³-hybridized carbons (Fsp3) is 0.450. The van der Waals surface area contributed by atoms with Gasteiger partial charge in [-0.3, -0.25) is 10.1 Å². The van der Waals surface area contributed by atoms with Gasteiger partial charge >= 0.3 is 6.03 Å². The molecule has 0 unspecified atom stereocenters. The molecule has 1 aliphatic rings. The molecule has 0 saturated heterocycles. The highest BCUT2D eigenvalue weighted by Crippen LogP contribution is 2.20. The van der Waals surface area contributed by atoms with Crippen LogP contribution in [0, 0.1) is 0 Å². The summed E-state index contributed by atoms with van der Waals surface area (Å²) < 4.78 is 5.38. The molecule has 0 atom stereocenters. The van der Waals surface area contributed by atoms with Gasteiger partial charge in [-0.2, -0.15) is 0 Å². The van der Waals surface area contributed by atoms with Crippen molar-refractivity contribution in [3.8, 4) is 5.75 Å². The number of carbonyl (C=O) groups excluding carboxylic acids is 2. The fourth-order valence-electron chi connectivity index (χ4n) is 3.18. The van der Waals surface area contributed by atoms with Gasteiger partial charge in [0, 0.05) is 17.1 Å². The number of nitrogens with one attached hydrogen (secondary N) is 3. The van der Waals surface area contributed by atoms with E-state index in [9.17, 15) is 9.59 Å². The normalized spacial score (nSPS) is 14.3. The Balaban J connectivity index is 1.45. The lowest BCUT2D eigenvalue weighted by Gasteiger charge is -2.22. The van der Waals surface area contributed by atoms with Crippen LogP contribution in [0.3, 0.4) is 0 Å². The first kappa shape index (κ1) is 20.1. The van der Waals surface area contributed by atoms with Gasteiger partial charge in [-0.1, -0.05) is 19.3 Å². The van der Waals surface area contributed by atoms with Crippen molar-refractivity contribution in [2.45, 2.75) is 51.5 Å². The van der Waals surface area contributed by atoms with Gasteiger partial charge in [0.1, 0.15) is 5.75 Å². The lowest BCUT2D eigenvalue weighted by Crippen LogP contribution is -2.39. The summed E-state index contributed by atoms with van der Waals surface area (Å²) >= 11 is 1.32. The van der Waals surface area contributed by atoms with Gasteiger partial charge in [-0.05, 0) is 44.0 Å². The summed E-state index contributed by atoms with van der Waals surface area (Å²) in [5, 5.41) is 10.9. The van der Waals surface area contributed by atoms with Gasteiger partial charge in [-0.15, -0.1) is 11.3 Å². The third kappa shape index (κ3) is 6.23. The van der Waals surface area contributed by atoms with Crippen molar-refractivity contribution in [2.75, 3.05) is 17.2 Å². The maximum Gasteiger partial charge on any atom is 0.321 e. The number of urea groups is 1. The molecule has 0 aliphatic heterocycles. The van der Waals surface area contributed by atoms with Gasteiger partial charge in [0.15, 0.2) is 5.13 Å². The topological polar surface area (TPSA) is 92.4 Å². The van der Waals surface area contributed by atoms with Crippen LogP contribution in [0.4, 0.5) is 15.6 Å². The Morgan fingerprint density at radius 2 is 1.89 bits per heavy atom. The Labute approximate surface area is 168 Å². The van der Waals surface area contributed by atoms with Crippen LogP contribution in [0.5, 0.6) is 5.75 Å². The summed E-state index contributed by atoms with van der Waals surface area (Å²) in [7, 11) is 0. The minimum Gasteiger partial charge on any atom is -0.494 e. The number of rotatable bonds is 7. The summed E-state index contributed by atoms with van der Waals surface area (Å²) in [5.41, 5.74) is 1.33. The molecular formula is C20H26N4O3S. The van der Waals surface area contributed by atoms with E-state index in [-0.39, 0.29) is 24.4 Å². The van der Waals surface area contributed by atoms with E-state index in [1.165, 1.54) is 17.8 Å². The van der Waals surface area contributed by atoms with E-state index in [0.29, 0.717) is 23.1 Å². The number of hydrogen-bond acceptors (Lipinski definition) is 5. The molecular weight excluding hydrogens is 376 g/mol. The Morgan fingerprint density at radius 1 is 1.14 bits per heavy atom. The predicted molar refractivity (Wildman–Crippen MR) is 111 cm³/mol. The highest BCUT2D eigenvalue weighted by atomic mass is 32.1. The van der Waals surface area contributed by atoms with Crippen molar-refractivity contribution < 1.29 is 14.3 Å². The Bertz CT molecular complexity index is 785. The average molecular weight is 403 g/mol. The van der Waals surface area contributed by atoms with Crippen LogP contribution < -0.4 is 20.7 Å². The van der Waals surface area contributed by atoms with Gasteiger partial charge in [0.25, 0.3) is 0 Å². The molecule has 0 radical (unpaired) electrons. The van der Waals surface area contributed by atoms with Crippen LogP contribution >= 0.6 is 11.3 Å². The van der Waals surface area contributed by atoms with Gasteiger partial charge in [0.2, 0.25) is 5.91 Å². The van der Waals surface area contributed by atoms with Crippen molar-refractivity contribution in [2.24, 2.45) is 0 Å². The van der Waals surface area contributed by atoms with E-state index in [0.717, 1.165) is 31.4 Å². The van der Waals surface area contributed by atoms with Crippen molar-refractivity contribution in [3.63, 3.8) is 0 Å². The monoisotopic (exact) mass is 402 g/mol. The third-order valence-electron chi connectivity index (χ3n) is 4.50. The minimum absolute atomic E-state index is 0.148. The SMILES string of the molecule is CCOc1ccc(NC(=O)Cc2csc(NC(=O)NC3CCCCC3)n2)cc1. The zero-order valence-electron chi connectivity index (χ0n) is 16.0.